The molecule has 224 valence electrons. The minimum atomic E-state index is -0.748. The Kier molecular flexibility index (Phi) is 12.7. The van der Waals surface area contributed by atoms with Gasteiger partial charge in [0.15, 0.2) is 6.61 Å². The molecule has 3 rings (SSSR count). The van der Waals surface area contributed by atoms with Gasteiger partial charge in [0.1, 0.15) is 23.2 Å². The maximum absolute atomic E-state index is 13.0. The fraction of sp³-hybridized carbons (Fsp3) is 0.500. The first-order valence-electron chi connectivity index (χ1n) is 14.1. The molecule has 1 aromatic rings. The fourth-order valence-electron chi connectivity index (χ4n) is 4.48. The average molecular weight is 572 g/mol. The van der Waals surface area contributed by atoms with Crippen molar-refractivity contribution in [1.82, 2.24) is 15.7 Å². The Balaban J connectivity index is 1.81. The van der Waals surface area contributed by atoms with Gasteiger partial charge < -0.3 is 29.9 Å². The number of cyclic esters (lactones) is 1. The zero-order valence-corrected chi connectivity index (χ0v) is 23.8. The molecule has 0 bridgehead atoms. The first-order chi connectivity index (χ1) is 19.7. The van der Waals surface area contributed by atoms with Crippen LogP contribution in [0.3, 0.4) is 0 Å². The van der Waals surface area contributed by atoms with E-state index in [9.17, 15) is 24.6 Å². The number of piperidine rings is 1. The van der Waals surface area contributed by atoms with Gasteiger partial charge >= 0.3 is 5.97 Å². The first-order valence-corrected chi connectivity index (χ1v) is 14.1. The van der Waals surface area contributed by atoms with Crippen molar-refractivity contribution in [2.45, 2.75) is 64.6 Å². The van der Waals surface area contributed by atoms with E-state index in [-0.39, 0.29) is 41.4 Å². The molecule has 0 aliphatic carbocycles. The Morgan fingerprint density at radius 1 is 1.12 bits per heavy atom. The minimum absolute atomic E-state index is 0.0933. The number of nitrogens with one attached hydrogen (secondary N) is 2. The summed E-state index contributed by atoms with van der Waals surface area (Å²) in [6, 6.07) is 2.41. The van der Waals surface area contributed by atoms with Crippen LogP contribution in [0, 0.1) is 0 Å². The summed E-state index contributed by atoms with van der Waals surface area (Å²) >= 11 is 0. The summed E-state index contributed by atoms with van der Waals surface area (Å²) in [4.78, 5) is 44.0. The van der Waals surface area contributed by atoms with E-state index in [0.29, 0.717) is 51.2 Å². The molecule has 1 fully saturated rings. The molecule has 11 heteroatoms. The maximum Gasteiger partial charge on any atom is 0.342 e. The molecule has 1 unspecified atom stereocenters. The monoisotopic (exact) mass is 571 g/mol. The van der Waals surface area contributed by atoms with Gasteiger partial charge in [-0.3, -0.25) is 19.9 Å². The number of nitrogens with zero attached hydrogens (tertiary/aromatic N) is 1. The molecule has 2 amide bonds. The number of aromatic hydroxyl groups is 2. The van der Waals surface area contributed by atoms with Crippen LogP contribution in [0.25, 0.3) is 6.08 Å². The van der Waals surface area contributed by atoms with E-state index >= 15 is 0 Å². The highest BCUT2D eigenvalue weighted by molar-refractivity contribution is 5.97. The highest BCUT2D eigenvalue weighted by Crippen LogP contribution is 2.30. The summed E-state index contributed by atoms with van der Waals surface area (Å²) in [5, 5.41) is 23.4. The molecule has 2 aliphatic heterocycles. The number of carbonyl (C=O) groups is 3. The average Bonchev–Trinajstić information content (AvgIpc) is 2.91. The van der Waals surface area contributed by atoms with E-state index in [2.05, 4.69) is 10.8 Å². The van der Waals surface area contributed by atoms with Crippen LogP contribution in [-0.2, 0) is 23.9 Å². The van der Waals surface area contributed by atoms with E-state index < -0.39 is 17.8 Å². The van der Waals surface area contributed by atoms with Gasteiger partial charge in [-0.05, 0) is 62.8 Å². The van der Waals surface area contributed by atoms with Crippen molar-refractivity contribution in [3.05, 3.63) is 53.3 Å². The van der Waals surface area contributed by atoms with Crippen molar-refractivity contribution in [3.8, 4) is 11.5 Å². The Hall–Kier alpha value is -3.83. The number of rotatable bonds is 9. The summed E-state index contributed by atoms with van der Waals surface area (Å²) in [6.45, 7) is 5.37. The highest BCUT2D eigenvalue weighted by atomic mass is 16.6. The molecule has 4 N–H and O–H groups in total. The van der Waals surface area contributed by atoms with Crippen molar-refractivity contribution in [3.63, 3.8) is 0 Å². The van der Waals surface area contributed by atoms with Crippen LogP contribution in [0.4, 0.5) is 0 Å². The van der Waals surface area contributed by atoms with Crippen molar-refractivity contribution >= 4 is 23.9 Å². The van der Waals surface area contributed by atoms with E-state index in [1.165, 1.54) is 19.1 Å². The normalized spacial score (nSPS) is 21.2. The summed E-state index contributed by atoms with van der Waals surface area (Å²) in [7, 11) is 0. The Morgan fingerprint density at radius 2 is 1.90 bits per heavy atom. The molecule has 2 atom stereocenters. The number of hydroxylamine groups is 1. The fourth-order valence-corrected chi connectivity index (χ4v) is 4.48. The Bertz CT molecular complexity index is 1140. The molecule has 1 aromatic carbocycles. The predicted molar refractivity (Wildman–Crippen MR) is 153 cm³/mol. The smallest absolute Gasteiger partial charge is 0.342 e. The molecule has 1 saturated heterocycles. The van der Waals surface area contributed by atoms with Gasteiger partial charge in [-0.2, -0.15) is 0 Å². The Morgan fingerprint density at radius 3 is 2.66 bits per heavy atom. The molecular weight excluding hydrogens is 530 g/mol. The quantitative estimate of drug-likeness (QED) is 0.152. The standard InChI is InChI=1S/C30H41N3O8/c1-21-9-6-11-26(39-16-8-13-31-22(2)34)12-7-10-24(32-40-20-28(37)33-14-4-3-5-15-33)17-23-18-25(35)19-27(36)29(23)30(38)41-21/h6-7,10-11,17-19,21,26,32,35-36H,3-5,8-9,12-16,20H2,1-2H3,(H,31,34)/b10-7?,11-6?,24-17-/t21-,26?/m1/s1. The lowest BCUT2D eigenvalue weighted by Gasteiger charge is -2.26. The predicted octanol–water partition coefficient (Wildman–Crippen LogP) is 3.34. The van der Waals surface area contributed by atoms with Crippen molar-refractivity contribution in [2.24, 2.45) is 0 Å². The second-order valence-corrected chi connectivity index (χ2v) is 10.1. The second-order valence-electron chi connectivity index (χ2n) is 10.1. The van der Waals surface area contributed by atoms with Crippen LogP contribution in [0.1, 0.15) is 68.3 Å². The number of likely N-dealkylation sites (tertiary alicyclic amines) is 1. The van der Waals surface area contributed by atoms with Crippen LogP contribution in [0.5, 0.6) is 11.5 Å². The highest BCUT2D eigenvalue weighted by Gasteiger charge is 2.21. The van der Waals surface area contributed by atoms with E-state index in [0.717, 1.165) is 25.3 Å². The number of phenols is 2. The number of hydrogen-bond acceptors (Lipinski definition) is 9. The number of amides is 2. The number of fused-ring (bicyclic) bond motifs is 1. The van der Waals surface area contributed by atoms with E-state index in [1.54, 1.807) is 17.9 Å². The third kappa shape index (κ3) is 10.9. The summed E-state index contributed by atoms with van der Waals surface area (Å²) in [6.07, 6.45) is 12.7. The van der Waals surface area contributed by atoms with Gasteiger partial charge in [0.2, 0.25) is 5.91 Å². The van der Waals surface area contributed by atoms with Crippen molar-refractivity contribution in [2.75, 3.05) is 32.8 Å². The van der Waals surface area contributed by atoms with E-state index in [1.807, 2.05) is 18.2 Å². The number of ether oxygens (including phenoxy) is 2. The van der Waals surface area contributed by atoms with Crippen LogP contribution in [0.15, 0.2) is 42.1 Å². The van der Waals surface area contributed by atoms with Gasteiger partial charge in [-0.1, -0.05) is 18.2 Å². The third-order valence-electron chi connectivity index (χ3n) is 6.56. The van der Waals surface area contributed by atoms with Gasteiger partial charge in [0, 0.05) is 45.7 Å². The number of esters is 1. The van der Waals surface area contributed by atoms with Crippen LogP contribution in [0.2, 0.25) is 0 Å². The molecule has 41 heavy (non-hydrogen) atoms. The van der Waals surface area contributed by atoms with Gasteiger partial charge in [0.05, 0.1) is 11.8 Å². The van der Waals surface area contributed by atoms with Crippen molar-refractivity contribution < 1.29 is 38.9 Å². The number of allylic oxidation sites excluding steroid dienone is 1. The van der Waals surface area contributed by atoms with E-state index in [4.69, 9.17) is 14.3 Å². The number of hydrogen-bond donors (Lipinski definition) is 4. The summed E-state index contributed by atoms with van der Waals surface area (Å²) in [5.41, 5.74) is 3.24. The molecular formula is C30H41N3O8. The largest absolute Gasteiger partial charge is 0.508 e. The lowest BCUT2D eigenvalue weighted by atomic mass is 10.0. The number of benzene rings is 1. The van der Waals surface area contributed by atoms with Gasteiger partial charge in [-0.25, -0.2) is 4.79 Å². The Labute approximate surface area is 240 Å². The topological polar surface area (TPSA) is 147 Å². The van der Waals surface area contributed by atoms with Crippen LogP contribution >= 0.6 is 0 Å². The molecule has 2 aliphatic rings. The zero-order valence-electron chi connectivity index (χ0n) is 23.8. The summed E-state index contributed by atoms with van der Waals surface area (Å²) < 4.78 is 11.6. The van der Waals surface area contributed by atoms with Gasteiger partial charge in [-0.15, -0.1) is 0 Å². The molecule has 0 spiro atoms. The number of phenolic OH excluding ortho intramolecular Hbond substituents is 2. The first kappa shape index (κ1) is 31.7. The minimum Gasteiger partial charge on any atom is -0.508 e. The molecule has 0 saturated carbocycles. The molecule has 0 aromatic heterocycles. The number of carbonyl (C=O) groups excluding carboxylic acids is 3. The molecule has 2 heterocycles. The zero-order chi connectivity index (χ0) is 29.6. The van der Waals surface area contributed by atoms with Crippen LogP contribution < -0.4 is 10.8 Å². The SMILES string of the molecule is CC(=O)NCCCOC1C=CC[C@@H](C)OC(=O)c2c(O)cc(O)cc2/C=C(\NOCC(=O)N2CCCCC2)C=CC1. The second kappa shape index (κ2) is 16.4. The van der Waals surface area contributed by atoms with Gasteiger partial charge in [0.25, 0.3) is 5.91 Å². The lowest BCUT2D eigenvalue weighted by Crippen LogP contribution is -2.39. The summed E-state index contributed by atoms with van der Waals surface area (Å²) in [5.74, 6) is -1.63. The molecule has 11 nitrogen and oxygen atoms in total. The maximum atomic E-state index is 13.0. The third-order valence-corrected chi connectivity index (χ3v) is 6.56. The lowest BCUT2D eigenvalue weighted by molar-refractivity contribution is -0.139. The van der Waals surface area contributed by atoms with Crippen LogP contribution in [-0.4, -0.2) is 78.0 Å². The van der Waals surface area contributed by atoms with Crippen molar-refractivity contribution in [1.29, 1.82) is 0 Å². The molecule has 0 radical (unpaired) electrons.